The van der Waals surface area contributed by atoms with Gasteiger partial charge in [-0.15, -0.1) is 5.10 Å². The first-order valence-corrected chi connectivity index (χ1v) is 10.6. The Morgan fingerprint density at radius 2 is 1.88 bits per heavy atom. The second-order valence-corrected chi connectivity index (χ2v) is 8.52. The average Bonchev–Trinajstić information content (AvgIpc) is 3.53. The minimum absolute atomic E-state index is 0.0944. The number of aliphatic hydroxyl groups excluding tert-OH is 1. The quantitative estimate of drug-likeness (QED) is 0.613. The molecule has 0 aromatic carbocycles. The summed E-state index contributed by atoms with van der Waals surface area (Å²) in [5.74, 6) is 0.0827. The number of likely N-dealkylation sites (tertiary alicyclic amines) is 2. The molecule has 3 aliphatic rings. The van der Waals surface area contributed by atoms with Crippen molar-refractivity contribution >= 4 is 11.9 Å². The van der Waals surface area contributed by atoms with Gasteiger partial charge in [-0.05, 0) is 49.7 Å². The van der Waals surface area contributed by atoms with Crippen LogP contribution < -0.4 is 0 Å². The Labute approximate surface area is 183 Å². The molecule has 1 N–H and O–H groups in total. The maximum atomic E-state index is 13.2. The zero-order chi connectivity index (χ0) is 22.3. The van der Waals surface area contributed by atoms with Crippen molar-refractivity contribution in [2.45, 2.75) is 32.3 Å². The van der Waals surface area contributed by atoms with E-state index in [1.54, 1.807) is 24.2 Å². The van der Waals surface area contributed by atoms with E-state index in [1.807, 2.05) is 0 Å². The molecule has 3 aliphatic heterocycles. The molecule has 168 valence electrons. The lowest BCUT2D eigenvalue weighted by Crippen LogP contribution is -2.45. The van der Waals surface area contributed by atoms with E-state index in [4.69, 9.17) is 4.74 Å². The summed E-state index contributed by atoms with van der Waals surface area (Å²) in [6, 6.07) is 0. The molecule has 0 bridgehead atoms. The SMILES string of the molecule is CC1=C(N2CCC3(CCN(CC(O)c4cnc(-n5cnnn5)nc4)CC3)C2=O)COC1=O. The van der Waals surface area contributed by atoms with Gasteiger partial charge in [0, 0.05) is 31.0 Å². The van der Waals surface area contributed by atoms with E-state index in [0.717, 1.165) is 19.3 Å². The second kappa shape index (κ2) is 8.02. The highest BCUT2D eigenvalue weighted by molar-refractivity contribution is 5.94. The van der Waals surface area contributed by atoms with Gasteiger partial charge in [0.05, 0.1) is 22.8 Å². The maximum absolute atomic E-state index is 13.2. The van der Waals surface area contributed by atoms with E-state index in [9.17, 15) is 14.7 Å². The van der Waals surface area contributed by atoms with Crippen LogP contribution in [0.3, 0.4) is 0 Å². The first-order valence-electron chi connectivity index (χ1n) is 10.6. The normalized spacial score (nSPS) is 22.1. The summed E-state index contributed by atoms with van der Waals surface area (Å²) in [7, 11) is 0. The molecule has 1 unspecified atom stereocenters. The van der Waals surface area contributed by atoms with Crippen LogP contribution in [0.15, 0.2) is 30.0 Å². The molecule has 5 heterocycles. The van der Waals surface area contributed by atoms with Crippen molar-refractivity contribution < 1.29 is 19.4 Å². The molecule has 0 aliphatic carbocycles. The first-order chi connectivity index (χ1) is 15.5. The number of aromatic nitrogens is 6. The monoisotopic (exact) mass is 440 g/mol. The second-order valence-electron chi connectivity index (χ2n) is 8.52. The number of esters is 1. The zero-order valence-corrected chi connectivity index (χ0v) is 17.7. The van der Waals surface area contributed by atoms with Crippen molar-refractivity contribution in [3.8, 4) is 5.95 Å². The number of nitrogens with zero attached hydrogens (tertiary/aromatic N) is 8. The molecule has 2 aromatic rings. The van der Waals surface area contributed by atoms with Gasteiger partial charge >= 0.3 is 5.97 Å². The van der Waals surface area contributed by atoms with Crippen LogP contribution in [-0.4, -0.2) is 89.7 Å². The van der Waals surface area contributed by atoms with Gasteiger partial charge in [0.1, 0.15) is 12.9 Å². The van der Waals surface area contributed by atoms with E-state index in [0.29, 0.717) is 49.0 Å². The maximum Gasteiger partial charge on any atom is 0.336 e. The molecule has 12 nitrogen and oxygen atoms in total. The fourth-order valence-corrected chi connectivity index (χ4v) is 4.68. The van der Waals surface area contributed by atoms with Gasteiger partial charge in [0.2, 0.25) is 5.91 Å². The standard InChI is InChI=1S/C20H24N8O4/c1-13-15(11-32-17(13)30)27-7-4-20(18(27)31)2-5-26(6-3-20)10-16(29)14-8-21-19(22-9-14)28-12-23-24-25-28/h8-9,12,16,29H,2-7,10-11H2,1H3. The zero-order valence-electron chi connectivity index (χ0n) is 17.7. The van der Waals surface area contributed by atoms with Crippen LogP contribution in [0, 0.1) is 5.41 Å². The number of tetrazole rings is 1. The minimum Gasteiger partial charge on any atom is -0.456 e. The molecule has 0 radical (unpaired) electrons. The fourth-order valence-electron chi connectivity index (χ4n) is 4.68. The third-order valence-electron chi connectivity index (χ3n) is 6.76. The molecular formula is C20H24N8O4. The van der Waals surface area contributed by atoms with Gasteiger partial charge in [-0.25, -0.2) is 14.8 Å². The summed E-state index contributed by atoms with van der Waals surface area (Å²) >= 11 is 0. The highest BCUT2D eigenvalue weighted by Crippen LogP contribution is 2.43. The Morgan fingerprint density at radius 1 is 1.16 bits per heavy atom. The van der Waals surface area contributed by atoms with Crippen LogP contribution in [0.5, 0.6) is 0 Å². The lowest BCUT2D eigenvalue weighted by atomic mass is 9.77. The Morgan fingerprint density at radius 3 is 2.50 bits per heavy atom. The Bertz CT molecular complexity index is 1040. The highest BCUT2D eigenvalue weighted by Gasteiger charge is 2.50. The van der Waals surface area contributed by atoms with E-state index in [2.05, 4.69) is 30.4 Å². The molecule has 2 fully saturated rings. The molecule has 32 heavy (non-hydrogen) atoms. The van der Waals surface area contributed by atoms with Crippen LogP contribution >= 0.6 is 0 Å². The number of hydrogen-bond acceptors (Lipinski definition) is 10. The van der Waals surface area contributed by atoms with Crippen LogP contribution in [-0.2, 0) is 14.3 Å². The fraction of sp³-hybridized carbons (Fsp3) is 0.550. The predicted octanol–water partition coefficient (Wildman–Crippen LogP) is -0.369. The number of carbonyl (C=O) groups excluding carboxylic acids is 2. The number of hydrogen-bond donors (Lipinski definition) is 1. The molecular weight excluding hydrogens is 416 g/mol. The van der Waals surface area contributed by atoms with Crippen LogP contribution in [0.25, 0.3) is 5.95 Å². The molecule has 5 rings (SSSR count). The van der Waals surface area contributed by atoms with Gasteiger partial charge in [-0.2, -0.15) is 4.68 Å². The number of aliphatic hydroxyl groups is 1. The van der Waals surface area contributed by atoms with Crippen molar-refractivity contribution in [1.29, 1.82) is 0 Å². The third-order valence-corrected chi connectivity index (χ3v) is 6.76. The molecule has 1 spiro atoms. The molecule has 2 saturated heterocycles. The molecule has 2 aromatic heterocycles. The summed E-state index contributed by atoms with van der Waals surface area (Å²) in [5.41, 5.74) is 1.46. The topological polar surface area (TPSA) is 139 Å². The van der Waals surface area contributed by atoms with E-state index in [-0.39, 0.29) is 18.5 Å². The lowest BCUT2D eigenvalue weighted by molar-refractivity contribution is -0.138. The first kappa shape index (κ1) is 20.6. The summed E-state index contributed by atoms with van der Waals surface area (Å²) < 4.78 is 6.42. The predicted molar refractivity (Wildman–Crippen MR) is 108 cm³/mol. The molecule has 1 amide bonds. The van der Waals surface area contributed by atoms with Crippen LogP contribution in [0.2, 0.25) is 0 Å². The molecule has 1 atom stereocenters. The highest BCUT2D eigenvalue weighted by atomic mass is 16.5. The Kier molecular flexibility index (Phi) is 5.18. The summed E-state index contributed by atoms with van der Waals surface area (Å²) in [6.45, 7) is 4.39. The molecule has 12 heteroatoms. The van der Waals surface area contributed by atoms with E-state index in [1.165, 1.54) is 11.0 Å². The minimum atomic E-state index is -0.739. The van der Waals surface area contributed by atoms with Crippen molar-refractivity contribution in [3.05, 3.63) is 35.6 Å². The lowest BCUT2D eigenvalue weighted by Gasteiger charge is -2.38. The number of piperidine rings is 1. The van der Waals surface area contributed by atoms with Gasteiger partial charge in [0.15, 0.2) is 0 Å². The van der Waals surface area contributed by atoms with E-state index < -0.39 is 11.5 Å². The number of amides is 1. The average molecular weight is 440 g/mol. The van der Waals surface area contributed by atoms with Crippen molar-refractivity contribution in [3.63, 3.8) is 0 Å². The van der Waals surface area contributed by atoms with Crippen molar-refractivity contribution in [1.82, 2.24) is 40.0 Å². The van der Waals surface area contributed by atoms with Gasteiger partial charge in [-0.3, -0.25) is 4.79 Å². The van der Waals surface area contributed by atoms with Crippen molar-refractivity contribution in [2.75, 3.05) is 32.8 Å². The van der Waals surface area contributed by atoms with Gasteiger partial charge < -0.3 is 19.6 Å². The van der Waals surface area contributed by atoms with Crippen molar-refractivity contribution in [2.24, 2.45) is 5.41 Å². The Balaban J connectivity index is 1.18. The smallest absolute Gasteiger partial charge is 0.336 e. The summed E-state index contributed by atoms with van der Waals surface area (Å²) in [5, 5.41) is 21.5. The van der Waals surface area contributed by atoms with Gasteiger partial charge in [-0.1, -0.05) is 0 Å². The number of cyclic esters (lactones) is 1. The van der Waals surface area contributed by atoms with Gasteiger partial charge in [0.25, 0.3) is 5.95 Å². The number of rotatable bonds is 5. The Hall–Kier alpha value is -3.25. The largest absolute Gasteiger partial charge is 0.456 e. The van der Waals surface area contributed by atoms with Crippen LogP contribution in [0.1, 0.15) is 37.9 Å². The number of β-amino-alcohol motifs (C(OH)–C–C–N with tert-alkyl or cyclic N) is 1. The number of ether oxygens (including phenoxy) is 1. The number of carbonyl (C=O) groups is 2. The summed E-state index contributed by atoms with van der Waals surface area (Å²) in [4.78, 5) is 37.2. The third kappa shape index (κ3) is 3.54. The summed E-state index contributed by atoms with van der Waals surface area (Å²) in [6.07, 6.45) is 6.03. The molecule has 0 saturated carbocycles. The van der Waals surface area contributed by atoms with Crippen LogP contribution in [0.4, 0.5) is 0 Å². The van der Waals surface area contributed by atoms with E-state index >= 15 is 0 Å².